The lowest BCUT2D eigenvalue weighted by molar-refractivity contribution is -0.145. The van der Waals surface area contributed by atoms with Gasteiger partial charge in [0.25, 0.3) is 0 Å². The molecule has 2 heterocycles. The van der Waals surface area contributed by atoms with Crippen molar-refractivity contribution in [1.82, 2.24) is 15.3 Å². The molecule has 26 heavy (non-hydrogen) atoms. The molecule has 0 saturated carbocycles. The number of nitrogens with zero attached hydrogens (tertiary/aromatic N) is 2. The number of halogens is 4. The van der Waals surface area contributed by atoms with Crippen molar-refractivity contribution in [3.8, 4) is 5.75 Å². The third kappa shape index (κ3) is 4.34. The molecule has 1 aliphatic heterocycles. The van der Waals surface area contributed by atoms with Crippen molar-refractivity contribution >= 4 is 5.78 Å². The van der Waals surface area contributed by atoms with Crippen molar-refractivity contribution in [1.29, 1.82) is 0 Å². The highest BCUT2D eigenvalue weighted by atomic mass is 19.4. The average Bonchev–Trinajstić information content (AvgIpc) is 2.56. The van der Waals surface area contributed by atoms with Crippen LogP contribution in [0, 0.1) is 5.82 Å². The molecule has 138 valence electrons. The minimum Gasteiger partial charge on any atom is -0.488 e. The Balaban J connectivity index is 1.58. The Kier molecular flexibility index (Phi) is 5.17. The van der Waals surface area contributed by atoms with E-state index in [0.717, 1.165) is 12.4 Å². The zero-order chi connectivity index (χ0) is 18.7. The molecule has 1 aliphatic rings. The number of ether oxygens (including phenoxy) is 1. The Morgan fingerprint density at radius 1 is 1.23 bits per heavy atom. The normalized spacial score (nSPS) is 14.8. The predicted molar refractivity (Wildman–Crippen MR) is 83.4 cm³/mol. The summed E-state index contributed by atoms with van der Waals surface area (Å²) >= 11 is 0. The lowest BCUT2D eigenvalue weighted by Gasteiger charge is -2.27. The minimum absolute atomic E-state index is 0.0292. The maximum Gasteiger partial charge on any atom is 0.451 e. The van der Waals surface area contributed by atoms with E-state index in [1.807, 2.05) is 0 Å². The van der Waals surface area contributed by atoms with Crippen LogP contribution < -0.4 is 10.1 Å². The van der Waals surface area contributed by atoms with Crippen LogP contribution in [0.1, 0.15) is 28.2 Å². The van der Waals surface area contributed by atoms with Crippen molar-refractivity contribution in [2.75, 3.05) is 13.1 Å². The van der Waals surface area contributed by atoms with E-state index in [4.69, 9.17) is 4.74 Å². The van der Waals surface area contributed by atoms with E-state index in [9.17, 15) is 22.4 Å². The van der Waals surface area contributed by atoms with Gasteiger partial charge >= 0.3 is 6.18 Å². The highest BCUT2D eigenvalue weighted by Gasteiger charge is 2.34. The Bertz CT molecular complexity index is 790. The largest absolute Gasteiger partial charge is 0.488 e. The minimum atomic E-state index is -4.66. The maximum absolute atomic E-state index is 14.1. The Hall–Kier alpha value is -2.55. The van der Waals surface area contributed by atoms with Gasteiger partial charge in [0, 0.05) is 38.0 Å². The molecule has 1 N–H and O–H groups in total. The fourth-order valence-electron chi connectivity index (χ4n) is 2.35. The number of carbonyl (C=O) groups excluding carboxylic acids is 1. The van der Waals surface area contributed by atoms with Crippen LogP contribution in [-0.4, -0.2) is 34.9 Å². The molecular formula is C17H15F4N3O2. The van der Waals surface area contributed by atoms with Crippen LogP contribution in [0.25, 0.3) is 0 Å². The van der Waals surface area contributed by atoms with Gasteiger partial charge in [-0.3, -0.25) is 4.79 Å². The number of rotatable bonds is 6. The molecule has 0 unspecified atom stereocenters. The molecule has 9 heteroatoms. The number of ketones is 1. The van der Waals surface area contributed by atoms with E-state index in [2.05, 4.69) is 15.3 Å². The number of Topliss-reactive ketones (excluding diaryl/α,β-unsaturated/α-hetero) is 1. The molecule has 5 nitrogen and oxygen atoms in total. The van der Waals surface area contributed by atoms with Gasteiger partial charge in [-0.15, -0.1) is 0 Å². The third-order valence-corrected chi connectivity index (χ3v) is 3.92. The van der Waals surface area contributed by atoms with Crippen molar-refractivity contribution in [3.05, 3.63) is 53.4 Å². The van der Waals surface area contributed by atoms with Crippen LogP contribution >= 0.6 is 0 Å². The van der Waals surface area contributed by atoms with Gasteiger partial charge in [-0.1, -0.05) is 6.07 Å². The number of hydrogen-bond donors (Lipinski definition) is 1. The molecule has 1 aromatic heterocycles. The third-order valence-electron chi connectivity index (χ3n) is 3.92. The van der Waals surface area contributed by atoms with Gasteiger partial charge in [-0.25, -0.2) is 14.4 Å². The number of benzene rings is 1. The molecule has 0 spiro atoms. The first kappa shape index (κ1) is 18.2. The van der Waals surface area contributed by atoms with Crippen molar-refractivity contribution in [3.63, 3.8) is 0 Å². The van der Waals surface area contributed by atoms with Gasteiger partial charge in [0.2, 0.25) is 5.82 Å². The number of alkyl halides is 3. The summed E-state index contributed by atoms with van der Waals surface area (Å²) in [6.07, 6.45) is -2.93. The molecule has 0 bridgehead atoms. The Morgan fingerprint density at radius 3 is 2.46 bits per heavy atom. The summed E-state index contributed by atoms with van der Waals surface area (Å²) in [5, 5.41) is 3.04. The Labute approximate surface area is 146 Å². The molecule has 3 rings (SSSR count). The van der Waals surface area contributed by atoms with Gasteiger partial charge in [0.15, 0.2) is 5.78 Å². The van der Waals surface area contributed by atoms with E-state index in [1.54, 1.807) is 6.07 Å². The highest BCUT2D eigenvalue weighted by Crippen LogP contribution is 2.25. The average molecular weight is 369 g/mol. The fraction of sp³-hybridized carbons (Fsp3) is 0.353. The van der Waals surface area contributed by atoms with Crippen LogP contribution in [0.3, 0.4) is 0 Å². The summed E-state index contributed by atoms with van der Waals surface area (Å²) in [7, 11) is 0. The Morgan fingerprint density at radius 2 is 1.92 bits per heavy atom. The maximum atomic E-state index is 14.1. The van der Waals surface area contributed by atoms with E-state index >= 15 is 0 Å². The zero-order valence-corrected chi connectivity index (χ0v) is 13.5. The SMILES string of the molecule is O=C(CCc1ccc(OC2CNC2)cc1F)c1cnc(C(F)(F)F)nc1. The highest BCUT2D eigenvalue weighted by molar-refractivity contribution is 5.95. The number of aromatic nitrogens is 2. The van der Waals surface area contributed by atoms with E-state index in [0.29, 0.717) is 24.4 Å². The van der Waals surface area contributed by atoms with Crippen LogP contribution in [0.2, 0.25) is 0 Å². The number of hydrogen-bond acceptors (Lipinski definition) is 5. The predicted octanol–water partition coefficient (Wildman–Crippen LogP) is 2.80. The molecule has 1 aromatic carbocycles. The molecular weight excluding hydrogens is 354 g/mol. The number of carbonyl (C=O) groups is 1. The number of nitrogens with one attached hydrogen (secondary N) is 1. The first-order valence-electron chi connectivity index (χ1n) is 7.91. The smallest absolute Gasteiger partial charge is 0.451 e. The topological polar surface area (TPSA) is 64.1 Å². The summed E-state index contributed by atoms with van der Waals surface area (Å²) in [5.41, 5.74) is 0.279. The molecule has 0 aliphatic carbocycles. The van der Waals surface area contributed by atoms with Gasteiger partial charge in [0.1, 0.15) is 17.7 Å². The second kappa shape index (κ2) is 7.36. The van der Waals surface area contributed by atoms with Crippen molar-refractivity contribution < 1.29 is 27.1 Å². The molecule has 0 radical (unpaired) electrons. The first-order chi connectivity index (χ1) is 12.3. The summed E-state index contributed by atoms with van der Waals surface area (Å²) in [6, 6.07) is 4.43. The summed E-state index contributed by atoms with van der Waals surface area (Å²) < 4.78 is 56.9. The molecule has 1 saturated heterocycles. The van der Waals surface area contributed by atoms with Crippen molar-refractivity contribution in [2.45, 2.75) is 25.1 Å². The fourth-order valence-corrected chi connectivity index (χ4v) is 2.35. The van der Waals surface area contributed by atoms with E-state index in [-0.39, 0.29) is 24.5 Å². The second-order valence-corrected chi connectivity index (χ2v) is 5.87. The standard InChI is InChI=1S/C17H15F4N3O2/c18-14-5-12(26-13-8-22-9-13)3-1-10(14)2-4-15(25)11-6-23-16(24-7-11)17(19,20)21/h1,3,5-7,13,22H,2,4,8-9H2. The molecule has 2 aromatic rings. The summed E-state index contributed by atoms with van der Waals surface area (Å²) in [6.45, 7) is 1.43. The lowest BCUT2D eigenvalue weighted by atomic mass is 10.0. The van der Waals surface area contributed by atoms with E-state index < -0.39 is 23.6 Å². The molecule has 0 atom stereocenters. The monoisotopic (exact) mass is 369 g/mol. The van der Waals surface area contributed by atoms with Gasteiger partial charge in [-0.05, 0) is 18.1 Å². The quantitative estimate of drug-likeness (QED) is 0.627. The van der Waals surface area contributed by atoms with Crippen LogP contribution in [-0.2, 0) is 12.6 Å². The second-order valence-electron chi connectivity index (χ2n) is 5.87. The zero-order valence-electron chi connectivity index (χ0n) is 13.5. The molecule has 0 amide bonds. The first-order valence-corrected chi connectivity index (χ1v) is 7.91. The lowest BCUT2D eigenvalue weighted by Crippen LogP contribution is -2.50. The van der Waals surface area contributed by atoms with Crippen molar-refractivity contribution in [2.24, 2.45) is 0 Å². The summed E-state index contributed by atoms with van der Waals surface area (Å²) in [4.78, 5) is 18.3. The van der Waals surface area contributed by atoms with Gasteiger partial charge in [-0.2, -0.15) is 13.2 Å². The molecule has 1 fully saturated rings. The van der Waals surface area contributed by atoms with Gasteiger partial charge < -0.3 is 10.1 Å². The summed E-state index contributed by atoms with van der Waals surface area (Å²) in [5.74, 6) is -1.84. The van der Waals surface area contributed by atoms with Crippen LogP contribution in [0.5, 0.6) is 5.75 Å². The number of aryl methyl sites for hydroxylation is 1. The van der Waals surface area contributed by atoms with Gasteiger partial charge in [0.05, 0.1) is 5.56 Å². The van der Waals surface area contributed by atoms with Crippen LogP contribution in [0.15, 0.2) is 30.6 Å². The van der Waals surface area contributed by atoms with E-state index in [1.165, 1.54) is 12.1 Å². The van der Waals surface area contributed by atoms with Crippen LogP contribution in [0.4, 0.5) is 17.6 Å².